The van der Waals surface area contributed by atoms with E-state index in [0.29, 0.717) is 6.42 Å². The Morgan fingerprint density at radius 2 is 1.81 bits per heavy atom. The minimum absolute atomic E-state index is 0.102. The molecule has 0 spiro atoms. The van der Waals surface area contributed by atoms with E-state index in [0.717, 1.165) is 18.7 Å². The molecule has 3 heteroatoms. The zero-order valence-corrected chi connectivity index (χ0v) is 12.9. The van der Waals surface area contributed by atoms with Crippen molar-refractivity contribution < 1.29 is 4.79 Å². The minimum atomic E-state index is -0.132. The molecule has 1 N–H and O–H groups in total. The van der Waals surface area contributed by atoms with Crippen molar-refractivity contribution >= 4 is 5.78 Å². The maximum absolute atomic E-state index is 12.6. The highest BCUT2D eigenvalue weighted by Crippen LogP contribution is 2.34. The number of ketones is 1. The smallest absolute Gasteiger partial charge is 0.164 e. The Morgan fingerprint density at radius 1 is 1.14 bits per heavy atom. The molecule has 3 nitrogen and oxygen atoms in total. The van der Waals surface area contributed by atoms with Gasteiger partial charge in [0.05, 0.1) is 6.04 Å². The van der Waals surface area contributed by atoms with Crippen LogP contribution in [0.5, 0.6) is 0 Å². The molecule has 1 fully saturated rings. The molecule has 1 aromatic carbocycles. The van der Waals surface area contributed by atoms with E-state index >= 15 is 0 Å². The van der Waals surface area contributed by atoms with Crippen molar-refractivity contribution in [3.05, 3.63) is 47.7 Å². The third-order valence-electron chi connectivity index (χ3n) is 4.46. The lowest BCUT2D eigenvalue weighted by Crippen LogP contribution is -2.44. The summed E-state index contributed by atoms with van der Waals surface area (Å²) in [5.74, 6) is 0.277. The molecule has 21 heavy (non-hydrogen) atoms. The summed E-state index contributed by atoms with van der Waals surface area (Å²) in [6.45, 7) is 6.30. The fraction of sp³-hybridized carbons (Fsp3) is 0.500. The van der Waals surface area contributed by atoms with E-state index in [1.807, 2.05) is 12.3 Å². The van der Waals surface area contributed by atoms with Crippen LogP contribution in [0.2, 0.25) is 0 Å². The standard InChI is InChI=1S/C18H24N2O/c1-18(2)12-16(21)15(13-19-18)17(20-10-6-7-11-20)14-8-4-3-5-9-14/h3-5,8-9,13,17,19H,6-7,10-12H2,1-2H3. The van der Waals surface area contributed by atoms with Gasteiger partial charge in [-0.05, 0) is 45.3 Å². The Hall–Kier alpha value is -1.61. The molecule has 1 atom stereocenters. The number of benzene rings is 1. The SMILES string of the molecule is CC1(C)CC(=O)C(C(c2ccccc2)N2CCCC2)=CN1. The predicted molar refractivity (Wildman–Crippen MR) is 84.9 cm³/mol. The van der Waals surface area contributed by atoms with Gasteiger partial charge in [0.25, 0.3) is 0 Å². The van der Waals surface area contributed by atoms with Crippen molar-refractivity contribution in [3.63, 3.8) is 0 Å². The van der Waals surface area contributed by atoms with Crippen molar-refractivity contribution in [1.82, 2.24) is 10.2 Å². The number of Topliss-reactive ketones (excluding diaryl/α,β-unsaturated/α-hetero) is 1. The molecule has 2 aliphatic rings. The zero-order chi connectivity index (χ0) is 14.9. The Bertz CT molecular complexity index is 542. The van der Waals surface area contributed by atoms with Crippen molar-refractivity contribution in [3.8, 4) is 0 Å². The molecule has 2 aliphatic heterocycles. The molecule has 1 aromatic rings. The van der Waals surface area contributed by atoms with E-state index in [9.17, 15) is 4.79 Å². The summed E-state index contributed by atoms with van der Waals surface area (Å²) in [6, 6.07) is 10.5. The molecule has 0 saturated carbocycles. The van der Waals surface area contributed by atoms with Crippen LogP contribution in [-0.2, 0) is 4.79 Å². The normalized spacial score (nSPS) is 23.5. The summed E-state index contributed by atoms with van der Waals surface area (Å²) < 4.78 is 0. The van der Waals surface area contributed by atoms with Gasteiger partial charge in [0.2, 0.25) is 0 Å². The first-order chi connectivity index (χ1) is 10.1. The van der Waals surface area contributed by atoms with Crippen LogP contribution in [0.25, 0.3) is 0 Å². The summed E-state index contributed by atoms with van der Waals surface area (Å²) in [6.07, 6.45) is 4.98. The fourth-order valence-corrected chi connectivity index (χ4v) is 3.36. The molecule has 1 saturated heterocycles. The molecule has 1 unspecified atom stereocenters. The van der Waals surface area contributed by atoms with E-state index in [4.69, 9.17) is 0 Å². The Morgan fingerprint density at radius 3 is 2.43 bits per heavy atom. The fourth-order valence-electron chi connectivity index (χ4n) is 3.36. The zero-order valence-electron chi connectivity index (χ0n) is 12.9. The van der Waals surface area contributed by atoms with Gasteiger partial charge in [-0.2, -0.15) is 0 Å². The number of nitrogens with zero attached hydrogens (tertiary/aromatic N) is 1. The number of likely N-dealkylation sites (tertiary alicyclic amines) is 1. The molecule has 3 rings (SSSR count). The second-order valence-electron chi connectivity index (χ2n) is 6.78. The Balaban J connectivity index is 1.96. The van der Waals surface area contributed by atoms with Crippen LogP contribution in [0.3, 0.4) is 0 Å². The topological polar surface area (TPSA) is 32.3 Å². The van der Waals surface area contributed by atoms with Gasteiger partial charge in [-0.15, -0.1) is 0 Å². The van der Waals surface area contributed by atoms with Crippen molar-refractivity contribution in [2.45, 2.75) is 44.7 Å². The molecule has 0 amide bonds. The number of rotatable bonds is 3. The van der Waals surface area contributed by atoms with E-state index in [1.165, 1.54) is 18.4 Å². The van der Waals surface area contributed by atoms with Gasteiger partial charge in [0, 0.05) is 23.7 Å². The van der Waals surface area contributed by atoms with E-state index in [2.05, 4.69) is 48.3 Å². The molecule has 0 bridgehead atoms. The lowest BCUT2D eigenvalue weighted by molar-refractivity contribution is -0.117. The maximum atomic E-state index is 12.6. The predicted octanol–water partition coefficient (Wildman–Crippen LogP) is 3.05. The van der Waals surface area contributed by atoms with Crippen molar-refractivity contribution in [2.24, 2.45) is 0 Å². The molecule has 0 aliphatic carbocycles. The van der Waals surface area contributed by atoms with Crippen LogP contribution in [0.4, 0.5) is 0 Å². The van der Waals surface area contributed by atoms with Gasteiger partial charge in [-0.3, -0.25) is 9.69 Å². The molecule has 0 radical (unpaired) electrons. The van der Waals surface area contributed by atoms with Crippen LogP contribution < -0.4 is 5.32 Å². The summed E-state index contributed by atoms with van der Waals surface area (Å²) in [5.41, 5.74) is 2.01. The highest BCUT2D eigenvalue weighted by atomic mass is 16.1. The molecule has 2 heterocycles. The first kappa shape index (κ1) is 14.3. The van der Waals surface area contributed by atoms with Gasteiger partial charge in [0.15, 0.2) is 5.78 Å². The maximum Gasteiger partial charge on any atom is 0.164 e. The number of hydrogen-bond donors (Lipinski definition) is 1. The Labute approximate surface area is 127 Å². The summed E-state index contributed by atoms with van der Waals surface area (Å²) >= 11 is 0. The van der Waals surface area contributed by atoms with Crippen LogP contribution >= 0.6 is 0 Å². The third kappa shape index (κ3) is 3.03. The number of nitrogens with one attached hydrogen (secondary N) is 1. The lowest BCUT2D eigenvalue weighted by Gasteiger charge is -2.36. The second-order valence-corrected chi connectivity index (χ2v) is 6.78. The highest BCUT2D eigenvalue weighted by Gasteiger charge is 2.35. The van der Waals surface area contributed by atoms with Crippen LogP contribution in [0, 0.1) is 0 Å². The lowest BCUT2D eigenvalue weighted by atomic mass is 9.85. The minimum Gasteiger partial charge on any atom is -0.385 e. The largest absolute Gasteiger partial charge is 0.385 e. The van der Waals surface area contributed by atoms with Crippen molar-refractivity contribution in [2.75, 3.05) is 13.1 Å². The van der Waals surface area contributed by atoms with Gasteiger partial charge >= 0.3 is 0 Å². The highest BCUT2D eigenvalue weighted by molar-refractivity contribution is 5.98. The molecular formula is C18H24N2O. The average Bonchev–Trinajstić information content (AvgIpc) is 2.96. The molecule has 0 aromatic heterocycles. The summed E-state index contributed by atoms with van der Waals surface area (Å²) in [7, 11) is 0. The average molecular weight is 284 g/mol. The first-order valence-corrected chi connectivity index (χ1v) is 7.87. The number of hydrogen-bond acceptors (Lipinski definition) is 3. The van der Waals surface area contributed by atoms with E-state index < -0.39 is 0 Å². The van der Waals surface area contributed by atoms with Gasteiger partial charge in [-0.25, -0.2) is 0 Å². The monoisotopic (exact) mass is 284 g/mol. The van der Waals surface area contributed by atoms with E-state index in [-0.39, 0.29) is 17.4 Å². The quantitative estimate of drug-likeness (QED) is 0.926. The second kappa shape index (κ2) is 5.64. The van der Waals surface area contributed by atoms with Gasteiger partial charge in [0.1, 0.15) is 0 Å². The van der Waals surface area contributed by atoms with Gasteiger partial charge in [-0.1, -0.05) is 30.3 Å². The molecular weight excluding hydrogens is 260 g/mol. The number of carbonyl (C=O) groups excluding carboxylic acids is 1. The Kier molecular flexibility index (Phi) is 3.85. The number of carbonyl (C=O) groups is 1. The van der Waals surface area contributed by atoms with E-state index in [1.54, 1.807) is 0 Å². The molecule has 112 valence electrons. The van der Waals surface area contributed by atoms with Crippen LogP contribution in [-0.4, -0.2) is 29.3 Å². The van der Waals surface area contributed by atoms with Crippen LogP contribution in [0.1, 0.15) is 44.7 Å². The summed E-state index contributed by atoms with van der Waals surface area (Å²) in [4.78, 5) is 15.1. The van der Waals surface area contributed by atoms with Crippen molar-refractivity contribution in [1.29, 1.82) is 0 Å². The first-order valence-electron chi connectivity index (χ1n) is 7.87. The van der Waals surface area contributed by atoms with Gasteiger partial charge < -0.3 is 5.32 Å². The third-order valence-corrected chi connectivity index (χ3v) is 4.46. The summed E-state index contributed by atoms with van der Waals surface area (Å²) in [5, 5.41) is 3.40. The van der Waals surface area contributed by atoms with Crippen LogP contribution in [0.15, 0.2) is 42.1 Å².